The van der Waals surface area contributed by atoms with E-state index < -0.39 is 6.10 Å². The molecule has 0 aliphatic rings. The van der Waals surface area contributed by atoms with Gasteiger partial charge in [0.15, 0.2) is 6.10 Å². The van der Waals surface area contributed by atoms with Gasteiger partial charge in [0.25, 0.3) is 5.91 Å². The van der Waals surface area contributed by atoms with Crippen LogP contribution >= 0.6 is 0 Å². The van der Waals surface area contributed by atoms with Crippen LogP contribution in [0, 0.1) is 0 Å². The predicted molar refractivity (Wildman–Crippen MR) is 113 cm³/mol. The maximum Gasteiger partial charge on any atom is 0.261 e. The number of ether oxygens (including phenoxy) is 2. The predicted octanol–water partition coefficient (Wildman–Crippen LogP) is 5.27. The third kappa shape index (κ3) is 4.63. The number of hydrogen-bond acceptors (Lipinski definition) is 3. The largest absolute Gasteiger partial charge is 0.494 e. The summed E-state index contributed by atoms with van der Waals surface area (Å²) in [4.78, 5) is 12.8. The molecule has 0 aliphatic carbocycles. The molecule has 3 rings (SSSR count). The lowest BCUT2D eigenvalue weighted by molar-refractivity contribution is -0.128. The van der Waals surface area contributed by atoms with Crippen LogP contribution in [0.25, 0.3) is 10.8 Å². The highest BCUT2D eigenvalue weighted by Gasteiger charge is 2.21. The highest BCUT2D eigenvalue weighted by Crippen LogP contribution is 2.27. The molecule has 0 heterocycles. The Morgan fingerprint density at radius 1 is 0.964 bits per heavy atom. The number of fused-ring (bicyclic) bond motifs is 1. The number of benzene rings is 3. The molecular weight excluding hydrogens is 350 g/mol. The molecular formula is C24H27NO3. The standard InChI is InChI=1S/C24H27NO3/c1-4-22(28-23-12-8-10-19-9-6-7-11-21(19)23)24(26)25-17(3)18-13-15-20(16-14-18)27-5-2/h6-17,22H,4-5H2,1-3H3,(H,25,26)/t17-,22-/m1/s1. The molecule has 0 aliphatic heterocycles. The maximum absolute atomic E-state index is 12.8. The van der Waals surface area contributed by atoms with E-state index in [-0.39, 0.29) is 11.9 Å². The van der Waals surface area contributed by atoms with Crippen LogP contribution in [-0.4, -0.2) is 18.6 Å². The Balaban J connectivity index is 1.69. The zero-order valence-electron chi connectivity index (χ0n) is 16.6. The minimum Gasteiger partial charge on any atom is -0.494 e. The van der Waals surface area contributed by atoms with Gasteiger partial charge in [0.2, 0.25) is 0 Å². The van der Waals surface area contributed by atoms with Gasteiger partial charge in [-0.1, -0.05) is 55.5 Å². The Kier molecular flexibility index (Phi) is 6.53. The third-order valence-corrected chi connectivity index (χ3v) is 4.73. The van der Waals surface area contributed by atoms with E-state index in [0.29, 0.717) is 13.0 Å². The lowest BCUT2D eigenvalue weighted by Gasteiger charge is -2.21. The quantitative estimate of drug-likeness (QED) is 0.581. The molecule has 0 fully saturated rings. The second-order valence-corrected chi connectivity index (χ2v) is 6.72. The molecule has 146 valence electrons. The Labute approximate surface area is 166 Å². The first-order valence-corrected chi connectivity index (χ1v) is 9.80. The van der Waals surface area contributed by atoms with Crippen LogP contribution in [0.2, 0.25) is 0 Å². The summed E-state index contributed by atoms with van der Waals surface area (Å²) in [5, 5.41) is 5.17. The Bertz CT molecular complexity index is 915. The lowest BCUT2D eigenvalue weighted by Crippen LogP contribution is -2.39. The number of carbonyl (C=O) groups excluding carboxylic acids is 1. The fourth-order valence-electron chi connectivity index (χ4n) is 3.18. The minimum atomic E-state index is -0.545. The van der Waals surface area contributed by atoms with Crippen molar-refractivity contribution in [1.29, 1.82) is 0 Å². The zero-order chi connectivity index (χ0) is 19.9. The van der Waals surface area contributed by atoms with Crippen LogP contribution in [0.15, 0.2) is 66.7 Å². The fourth-order valence-corrected chi connectivity index (χ4v) is 3.18. The van der Waals surface area contributed by atoms with Gasteiger partial charge in [-0.15, -0.1) is 0 Å². The highest BCUT2D eigenvalue weighted by atomic mass is 16.5. The van der Waals surface area contributed by atoms with E-state index in [1.54, 1.807) is 0 Å². The summed E-state index contributed by atoms with van der Waals surface area (Å²) in [5.74, 6) is 1.45. The number of hydrogen-bond donors (Lipinski definition) is 1. The van der Waals surface area contributed by atoms with E-state index in [1.807, 2.05) is 87.5 Å². The van der Waals surface area contributed by atoms with Crippen molar-refractivity contribution >= 4 is 16.7 Å². The van der Waals surface area contributed by atoms with Gasteiger partial charge in [0, 0.05) is 5.39 Å². The number of rotatable bonds is 8. The van der Waals surface area contributed by atoms with Gasteiger partial charge in [0.1, 0.15) is 11.5 Å². The van der Waals surface area contributed by atoms with Crippen LogP contribution in [0.4, 0.5) is 0 Å². The van der Waals surface area contributed by atoms with Crippen molar-refractivity contribution in [1.82, 2.24) is 5.32 Å². The van der Waals surface area contributed by atoms with Crippen LogP contribution in [0.3, 0.4) is 0 Å². The molecule has 0 saturated heterocycles. The Morgan fingerprint density at radius 2 is 1.68 bits per heavy atom. The van der Waals surface area contributed by atoms with Crippen LogP contribution < -0.4 is 14.8 Å². The molecule has 1 amide bonds. The van der Waals surface area contributed by atoms with E-state index in [9.17, 15) is 4.79 Å². The van der Waals surface area contributed by atoms with E-state index in [2.05, 4.69) is 5.32 Å². The van der Waals surface area contributed by atoms with Crippen molar-refractivity contribution in [3.63, 3.8) is 0 Å². The van der Waals surface area contributed by atoms with Crippen molar-refractivity contribution in [2.75, 3.05) is 6.61 Å². The Hall–Kier alpha value is -3.01. The smallest absolute Gasteiger partial charge is 0.261 e. The highest BCUT2D eigenvalue weighted by molar-refractivity contribution is 5.89. The van der Waals surface area contributed by atoms with Crippen molar-refractivity contribution in [2.45, 2.75) is 39.3 Å². The van der Waals surface area contributed by atoms with Crippen LogP contribution in [-0.2, 0) is 4.79 Å². The first-order chi connectivity index (χ1) is 13.6. The number of carbonyl (C=O) groups is 1. The third-order valence-electron chi connectivity index (χ3n) is 4.73. The molecule has 3 aromatic rings. The van der Waals surface area contributed by atoms with Crippen LogP contribution in [0.1, 0.15) is 38.8 Å². The van der Waals surface area contributed by atoms with Crippen molar-refractivity contribution in [3.05, 3.63) is 72.3 Å². The summed E-state index contributed by atoms with van der Waals surface area (Å²) in [5.41, 5.74) is 1.02. The SMILES string of the molecule is CCOc1ccc([C@@H](C)NC(=O)[C@@H](CC)Oc2cccc3ccccc23)cc1. The summed E-state index contributed by atoms with van der Waals surface area (Å²) in [7, 11) is 0. The molecule has 1 N–H and O–H groups in total. The fraction of sp³-hybridized carbons (Fsp3) is 0.292. The van der Waals surface area contributed by atoms with E-state index >= 15 is 0 Å². The van der Waals surface area contributed by atoms with Crippen LogP contribution in [0.5, 0.6) is 11.5 Å². The molecule has 4 nitrogen and oxygen atoms in total. The average molecular weight is 377 g/mol. The van der Waals surface area contributed by atoms with Gasteiger partial charge in [-0.05, 0) is 49.4 Å². The van der Waals surface area contributed by atoms with Gasteiger partial charge in [0.05, 0.1) is 12.6 Å². The lowest BCUT2D eigenvalue weighted by atomic mass is 10.1. The molecule has 0 spiro atoms. The summed E-state index contributed by atoms with van der Waals surface area (Å²) < 4.78 is 11.6. The normalized spacial score (nSPS) is 13.0. The molecule has 28 heavy (non-hydrogen) atoms. The Morgan fingerprint density at radius 3 is 2.39 bits per heavy atom. The van der Waals surface area contributed by atoms with Crippen molar-refractivity contribution in [3.8, 4) is 11.5 Å². The summed E-state index contributed by atoms with van der Waals surface area (Å²) in [6.45, 7) is 6.52. The number of amides is 1. The molecule has 4 heteroatoms. The molecule has 3 aromatic carbocycles. The number of nitrogens with one attached hydrogen (secondary N) is 1. The van der Waals surface area contributed by atoms with Gasteiger partial charge >= 0.3 is 0 Å². The maximum atomic E-state index is 12.8. The van der Waals surface area contributed by atoms with Crippen molar-refractivity contribution < 1.29 is 14.3 Å². The molecule has 0 bridgehead atoms. The molecule has 0 saturated carbocycles. The van der Waals surface area contributed by atoms with Crippen molar-refractivity contribution in [2.24, 2.45) is 0 Å². The van der Waals surface area contributed by atoms with Gasteiger partial charge in [-0.2, -0.15) is 0 Å². The van der Waals surface area contributed by atoms with Gasteiger partial charge in [-0.3, -0.25) is 4.79 Å². The minimum absolute atomic E-state index is 0.114. The average Bonchev–Trinajstić information content (AvgIpc) is 2.72. The topological polar surface area (TPSA) is 47.6 Å². The summed E-state index contributed by atoms with van der Waals surface area (Å²) in [6, 6.07) is 21.6. The second kappa shape index (κ2) is 9.27. The van der Waals surface area contributed by atoms with Gasteiger partial charge in [-0.25, -0.2) is 0 Å². The molecule has 0 radical (unpaired) electrons. The molecule has 0 unspecified atom stereocenters. The van der Waals surface area contributed by atoms with E-state index in [1.165, 1.54) is 0 Å². The van der Waals surface area contributed by atoms with Gasteiger partial charge < -0.3 is 14.8 Å². The molecule has 0 aromatic heterocycles. The second-order valence-electron chi connectivity index (χ2n) is 6.72. The van der Waals surface area contributed by atoms with E-state index in [4.69, 9.17) is 9.47 Å². The summed E-state index contributed by atoms with van der Waals surface area (Å²) in [6.07, 6.45) is 0.0429. The summed E-state index contributed by atoms with van der Waals surface area (Å²) >= 11 is 0. The zero-order valence-corrected chi connectivity index (χ0v) is 16.6. The monoisotopic (exact) mass is 377 g/mol. The first kappa shape index (κ1) is 19.7. The molecule has 2 atom stereocenters. The van der Waals surface area contributed by atoms with E-state index in [0.717, 1.165) is 27.8 Å². The first-order valence-electron chi connectivity index (χ1n) is 9.80.